The number of hydrogen-bond donors (Lipinski definition) is 0. The lowest BCUT2D eigenvalue weighted by Gasteiger charge is -2.31. The largest absolute Gasteiger partial charge is 0.341 e. The lowest BCUT2D eigenvalue weighted by atomic mass is 9.96. The van der Waals surface area contributed by atoms with Gasteiger partial charge in [-0.2, -0.15) is 5.26 Å². The Hall–Kier alpha value is -1.63. The van der Waals surface area contributed by atoms with Crippen LogP contribution in [0.2, 0.25) is 0 Å². The summed E-state index contributed by atoms with van der Waals surface area (Å²) in [5.74, 6) is 1.74. The molecule has 1 atom stereocenters. The van der Waals surface area contributed by atoms with Crippen molar-refractivity contribution >= 4 is 5.95 Å². The molecule has 18 heavy (non-hydrogen) atoms. The van der Waals surface area contributed by atoms with Gasteiger partial charge in [0.1, 0.15) is 0 Å². The van der Waals surface area contributed by atoms with E-state index in [1.807, 2.05) is 12.4 Å². The van der Waals surface area contributed by atoms with Crippen LogP contribution < -0.4 is 4.90 Å². The lowest BCUT2D eigenvalue weighted by Crippen LogP contribution is -2.36. The molecule has 0 N–H and O–H groups in total. The molecular formula is C14H20N4. The van der Waals surface area contributed by atoms with Crippen LogP contribution in [0.3, 0.4) is 0 Å². The minimum Gasteiger partial charge on any atom is -0.341 e. The SMILES string of the molecule is CC(C)c1cnc(N2CCCC(CC#N)C2)nc1. The van der Waals surface area contributed by atoms with Crippen molar-refractivity contribution in [2.24, 2.45) is 5.92 Å². The first-order valence-corrected chi connectivity index (χ1v) is 6.64. The van der Waals surface area contributed by atoms with Gasteiger partial charge >= 0.3 is 0 Å². The third kappa shape index (κ3) is 2.98. The Labute approximate surface area is 109 Å². The fourth-order valence-corrected chi connectivity index (χ4v) is 2.34. The predicted octanol–water partition coefficient (Wildman–Crippen LogP) is 2.73. The number of nitrogens with zero attached hydrogens (tertiary/aromatic N) is 4. The monoisotopic (exact) mass is 244 g/mol. The Balaban J connectivity index is 2.04. The molecule has 1 saturated heterocycles. The van der Waals surface area contributed by atoms with E-state index in [0.29, 0.717) is 18.3 Å². The zero-order valence-electron chi connectivity index (χ0n) is 11.1. The molecular weight excluding hydrogens is 224 g/mol. The molecule has 0 saturated carbocycles. The molecule has 0 aromatic carbocycles. The highest BCUT2D eigenvalue weighted by atomic mass is 15.2. The van der Waals surface area contributed by atoms with E-state index in [2.05, 4.69) is 34.8 Å². The number of rotatable bonds is 3. The molecule has 4 heteroatoms. The van der Waals surface area contributed by atoms with Gasteiger partial charge in [-0.1, -0.05) is 13.8 Å². The molecule has 1 aliphatic rings. The molecule has 4 nitrogen and oxygen atoms in total. The van der Waals surface area contributed by atoms with Gasteiger partial charge in [0.15, 0.2) is 0 Å². The van der Waals surface area contributed by atoms with Crippen LogP contribution in [0.4, 0.5) is 5.95 Å². The first-order valence-electron chi connectivity index (χ1n) is 6.64. The first kappa shape index (κ1) is 12.8. The molecule has 2 heterocycles. The quantitative estimate of drug-likeness (QED) is 0.820. The van der Waals surface area contributed by atoms with Crippen molar-refractivity contribution in [3.63, 3.8) is 0 Å². The van der Waals surface area contributed by atoms with E-state index in [4.69, 9.17) is 5.26 Å². The van der Waals surface area contributed by atoms with Gasteiger partial charge in [0.2, 0.25) is 5.95 Å². The molecule has 0 spiro atoms. The minimum atomic E-state index is 0.465. The van der Waals surface area contributed by atoms with Crippen molar-refractivity contribution in [2.45, 2.75) is 39.0 Å². The van der Waals surface area contributed by atoms with Crippen molar-refractivity contribution in [3.8, 4) is 6.07 Å². The average Bonchev–Trinajstić information content (AvgIpc) is 2.39. The van der Waals surface area contributed by atoms with Crippen LogP contribution >= 0.6 is 0 Å². The van der Waals surface area contributed by atoms with E-state index in [9.17, 15) is 0 Å². The molecule has 0 bridgehead atoms. The van der Waals surface area contributed by atoms with Crippen LogP contribution in [-0.2, 0) is 0 Å². The summed E-state index contributed by atoms with van der Waals surface area (Å²) < 4.78 is 0. The fourth-order valence-electron chi connectivity index (χ4n) is 2.34. The van der Waals surface area contributed by atoms with Gasteiger partial charge in [-0.25, -0.2) is 9.97 Å². The maximum absolute atomic E-state index is 8.77. The second-order valence-electron chi connectivity index (χ2n) is 5.29. The van der Waals surface area contributed by atoms with Gasteiger partial charge in [-0.15, -0.1) is 0 Å². The zero-order valence-corrected chi connectivity index (χ0v) is 11.1. The van der Waals surface area contributed by atoms with Crippen LogP contribution in [0.1, 0.15) is 44.6 Å². The van der Waals surface area contributed by atoms with Gasteiger partial charge in [0.25, 0.3) is 0 Å². The van der Waals surface area contributed by atoms with Crippen LogP contribution in [0.5, 0.6) is 0 Å². The predicted molar refractivity (Wildman–Crippen MR) is 71.3 cm³/mol. The summed E-state index contributed by atoms with van der Waals surface area (Å²) in [7, 11) is 0. The highest BCUT2D eigenvalue weighted by Gasteiger charge is 2.21. The molecule has 0 aliphatic carbocycles. The van der Waals surface area contributed by atoms with E-state index in [0.717, 1.165) is 31.9 Å². The molecule has 2 rings (SSSR count). The molecule has 1 unspecified atom stereocenters. The van der Waals surface area contributed by atoms with E-state index in [1.54, 1.807) is 0 Å². The molecule has 1 aliphatic heterocycles. The number of aromatic nitrogens is 2. The summed E-state index contributed by atoms with van der Waals surface area (Å²) in [5.41, 5.74) is 1.17. The fraction of sp³-hybridized carbons (Fsp3) is 0.643. The maximum atomic E-state index is 8.77. The van der Waals surface area contributed by atoms with Crippen molar-refractivity contribution in [3.05, 3.63) is 18.0 Å². The van der Waals surface area contributed by atoms with Crippen molar-refractivity contribution in [2.75, 3.05) is 18.0 Å². The van der Waals surface area contributed by atoms with E-state index < -0.39 is 0 Å². The molecule has 1 aromatic heterocycles. The molecule has 1 fully saturated rings. The van der Waals surface area contributed by atoms with Gasteiger partial charge in [-0.05, 0) is 30.2 Å². The highest BCUT2D eigenvalue weighted by Crippen LogP contribution is 2.22. The summed E-state index contributed by atoms with van der Waals surface area (Å²) in [5, 5.41) is 8.77. The Bertz CT molecular complexity index is 418. The average molecular weight is 244 g/mol. The van der Waals surface area contributed by atoms with Crippen molar-refractivity contribution < 1.29 is 0 Å². The number of hydrogen-bond acceptors (Lipinski definition) is 4. The van der Waals surface area contributed by atoms with Crippen molar-refractivity contribution in [1.82, 2.24) is 9.97 Å². The highest BCUT2D eigenvalue weighted by molar-refractivity contribution is 5.31. The Morgan fingerprint density at radius 3 is 2.78 bits per heavy atom. The Morgan fingerprint density at radius 1 is 1.44 bits per heavy atom. The van der Waals surface area contributed by atoms with Crippen molar-refractivity contribution in [1.29, 1.82) is 5.26 Å². The van der Waals surface area contributed by atoms with Crippen LogP contribution in [0, 0.1) is 17.2 Å². The standard InChI is InChI=1S/C14H20N4/c1-11(2)13-8-16-14(17-9-13)18-7-3-4-12(10-18)5-6-15/h8-9,11-12H,3-5,7,10H2,1-2H3. The van der Waals surface area contributed by atoms with E-state index in [-0.39, 0.29) is 0 Å². The Kier molecular flexibility index (Phi) is 4.14. The summed E-state index contributed by atoms with van der Waals surface area (Å²) >= 11 is 0. The molecule has 96 valence electrons. The smallest absolute Gasteiger partial charge is 0.225 e. The number of piperidine rings is 1. The summed E-state index contributed by atoms with van der Waals surface area (Å²) in [6.07, 6.45) is 6.75. The minimum absolute atomic E-state index is 0.465. The number of anilines is 1. The third-order valence-electron chi connectivity index (χ3n) is 3.51. The normalized spacial score (nSPS) is 19.9. The van der Waals surface area contributed by atoms with Gasteiger partial charge in [0.05, 0.1) is 6.07 Å². The molecule has 0 radical (unpaired) electrons. The van der Waals surface area contributed by atoms with Crippen LogP contribution in [-0.4, -0.2) is 23.1 Å². The lowest BCUT2D eigenvalue weighted by molar-refractivity contribution is 0.417. The van der Waals surface area contributed by atoms with Gasteiger partial charge in [-0.3, -0.25) is 0 Å². The van der Waals surface area contributed by atoms with Crippen LogP contribution in [0.15, 0.2) is 12.4 Å². The van der Waals surface area contributed by atoms with E-state index >= 15 is 0 Å². The summed E-state index contributed by atoms with van der Waals surface area (Å²) in [4.78, 5) is 11.1. The van der Waals surface area contributed by atoms with Gasteiger partial charge < -0.3 is 4.90 Å². The second-order valence-corrected chi connectivity index (χ2v) is 5.29. The molecule has 0 amide bonds. The second kappa shape index (κ2) is 5.81. The van der Waals surface area contributed by atoms with Gasteiger partial charge in [0, 0.05) is 31.9 Å². The number of nitriles is 1. The topological polar surface area (TPSA) is 52.8 Å². The van der Waals surface area contributed by atoms with Crippen LogP contribution in [0.25, 0.3) is 0 Å². The maximum Gasteiger partial charge on any atom is 0.225 e. The Morgan fingerprint density at radius 2 is 2.17 bits per heavy atom. The first-order chi connectivity index (χ1) is 8.70. The zero-order chi connectivity index (χ0) is 13.0. The molecule has 1 aromatic rings. The summed E-state index contributed by atoms with van der Waals surface area (Å²) in [6, 6.07) is 2.27. The van der Waals surface area contributed by atoms with E-state index in [1.165, 1.54) is 5.56 Å². The third-order valence-corrected chi connectivity index (χ3v) is 3.51. The summed E-state index contributed by atoms with van der Waals surface area (Å²) in [6.45, 7) is 6.20.